The molecule has 0 saturated carbocycles. The fourth-order valence-electron chi connectivity index (χ4n) is 9.00. The van der Waals surface area contributed by atoms with Gasteiger partial charge >= 0.3 is 0 Å². The average Bonchev–Trinajstić information content (AvgIpc) is 3.90. The van der Waals surface area contributed by atoms with Crippen molar-refractivity contribution in [2.75, 3.05) is 0 Å². The Morgan fingerprint density at radius 2 is 0.891 bits per heavy atom. The predicted octanol–water partition coefficient (Wildman–Crippen LogP) is 14.3. The van der Waals surface area contributed by atoms with Gasteiger partial charge in [0.25, 0.3) is 0 Å². The summed E-state index contributed by atoms with van der Waals surface area (Å²) in [6.07, 6.45) is 0. The molecule has 55 heavy (non-hydrogen) atoms. The SMILES string of the molecule is c1ccc(-n2c3ccccc3c3cc(-c4ccc5c(c4)c4cc6ccccc6cc4n5-c4cccc(-c5cccc6oc7ccccc7c56)c4)ccc32)cc1. The second kappa shape index (κ2) is 11.6. The maximum atomic E-state index is 6.28. The number of fused-ring (bicyclic) bond motifs is 10. The molecule has 0 bridgehead atoms. The number of para-hydroxylation sites is 3. The van der Waals surface area contributed by atoms with Crippen molar-refractivity contribution in [1.82, 2.24) is 9.13 Å². The fourth-order valence-corrected chi connectivity index (χ4v) is 9.00. The summed E-state index contributed by atoms with van der Waals surface area (Å²) < 4.78 is 11.1. The lowest BCUT2D eigenvalue weighted by Gasteiger charge is -2.12. The number of furan rings is 1. The molecule has 12 aromatic rings. The summed E-state index contributed by atoms with van der Waals surface area (Å²) in [6.45, 7) is 0. The van der Waals surface area contributed by atoms with Crippen molar-refractivity contribution < 1.29 is 4.42 Å². The van der Waals surface area contributed by atoms with Crippen molar-refractivity contribution in [1.29, 1.82) is 0 Å². The molecule has 256 valence electrons. The van der Waals surface area contributed by atoms with Crippen LogP contribution in [0.15, 0.2) is 199 Å². The minimum absolute atomic E-state index is 0.905. The molecule has 3 nitrogen and oxygen atoms in total. The average molecular weight is 701 g/mol. The molecular weight excluding hydrogens is 669 g/mol. The lowest BCUT2D eigenvalue weighted by Crippen LogP contribution is -1.94. The van der Waals surface area contributed by atoms with Crippen molar-refractivity contribution in [2.45, 2.75) is 0 Å². The molecule has 3 heteroatoms. The topological polar surface area (TPSA) is 23.0 Å². The molecular formula is C52H32N2O. The van der Waals surface area contributed by atoms with Crippen LogP contribution in [0.4, 0.5) is 0 Å². The molecule has 0 spiro atoms. The van der Waals surface area contributed by atoms with E-state index in [0.29, 0.717) is 0 Å². The van der Waals surface area contributed by atoms with Gasteiger partial charge in [0.05, 0.1) is 22.1 Å². The summed E-state index contributed by atoms with van der Waals surface area (Å²) in [5, 5.41) is 9.74. The Kier molecular flexibility index (Phi) is 6.34. The molecule has 0 aliphatic heterocycles. The standard InChI is InChI=1S/C52H32N2O/c1-2-15-38(16-3-1)53-46-21-8-6-18-41(46)43-30-35(24-26-47(43)53)36-25-27-48-44(31-36)45-29-33-12-4-5-13-34(33)32-49(45)54(48)39-17-10-14-37(28-39)40-20-11-23-51-52(40)42-19-7-9-22-50(42)55-51/h1-32H. The lowest BCUT2D eigenvalue weighted by molar-refractivity contribution is 0.669. The van der Waals surface area contributed by atoms with Crippen LogP contribution < -0.4 is 0 Å². The molecule has 0 aliphatic rings. The van der Waals surface area contributed by atoms with Crippen LogP contribution in [0.3, 0.4) is 0 Å². The third kappa shape index (κ3) is 4.50. The molecule has 3 heterocycles. The number of hydrogen-bond acceptors (Lipinski definition) is 1. The Morgan fingerprint density at radius 1 is 0.309 bits per heavy atom. The Hall–Kier alpha value is -7.36. The molecule has 12 rings (SSSR count). The normalized spacial score (nSPS) is 12.0. The number of nitrogens with zero attached hydrogens (tertiary/aromatic N) is 2. The van der Waals surface area contributed by atoms with Gasteiger partial charge in [0.15, 0.2) is 0 Å². The second-order valence-electron chi connectivity index (χ2n) is 14.5. The monoisotopic (exact) mass is 700 g/mol. The van der Waals surface area contributed by atoms with Gasteiger partial charge in [0.2, 0.25) is 0 Å². The Labute approximate surface area is 316 Å². The minimum atomic E-state index is 0.905. The third-order valence-electron chi connectivity index (χ3n) is 11.5. The molecule has 9 aromatic carbocycles. The van der Waals surface area contributed by atoms with Crippen LogP contribution in [0.1, 0.15) is 0 Å². The summed E-state index contributed by atoms with van der Waals surface area (Å²) in [5.74, 6) is 0. The van der Waals surface area contributed by atoms with Gasteiger partial charge in [-0.05, 0) is 112 Å². The maximum Gasteiger partial charge on any atom is 0.136 e. The van der Waals surface area contributed by atoms with E-state index in [4.69, 9.17) is 4.42 Å². The highest BCUT2D eigenvalue weighted by Gasteiger charge is 2.18. The number of hydrogen-bond donors (Lipinski definition) is 0. The highest BCUT2D eigenvalue weighted by atomic mass is 16.3. The molecule has 0 amide bonds. The first-order chi connectivity index (χ1) is 27.3. The van der Waals surface area contributed by atoms with Gasteiger partial charge in [-0.1, -0.05) is 115 Å². The summed E-state index contributed by atoms with van der Waals surface area (Å²) in [5.41, 5.74) is 13.6. The number of benzene rings is 9. The van der Waals surface area contributed by atoms with E-state index in [-0.39, 0.29) is 0 Å². The zero-order chi connectivity index (χ0) is 36.0. The molecule has 0 radical (unpaired) electrons. The number of aromatic nitrogens is 2. The van der Waals surface area contributed by atoms with Gasteiger partial charge in [0.1, 0.15) is 11.2 Å². The zero-order valence-electron chi connectivity index (χ0n) is 29.8. The molecule has 3 aromatic heterocycles. The lowest BCUT2D eigenvalue weighted by atomic mass is 9.99. The first kappa shape index (κ1) is 30.1. The van der Waals surface area contributed by atoms with Gasteiger partial charge in [-0.15, -0.1) is 0 Å². The molecule has 0 saturated heterocycles. The van der Waals surface area contributed by atoms with Gasteiger partial charge < -0.3 is 13.6 Å². The minimum Gasteiger partial charge on any atom is -0.456 e. The van der Waals surface area contributed by atoms with Crippen LogP contribution in [0.2, 0.25) is 0 Å². The van der Waals surface area contributed by atoms with Crippen molar-refractivity contribution in [2.24, 2.45) is 0 Å². The van der Waals surface area contributed by atoms with Crippen molar-refractivity contribution in [3.8, 4) is 33.6 Å². The Bertz CT molecular complexity index is 3490. The summed E-state index contributed by atoms with van der Waals surface area (Å²) in [6, 6.07) is 70.4. The van der Waals surface area contributed by atoms with Gasteiger partial charge in [0, 0.05) is 43.7 Å². The molecule has 0 unspecified atom stereocenters. The molecule has 0 atom stereocenters. The third-order valence-corrected chi connectivity index (χ3v) is 11.5. The van der Waals surface area contributed by atoms with Crippen molar-refractivity contribution in [3.05, 3.63) is 194 Å². The highest BCUT2D eigenvalue weighted by Crippen LogP contribution is 2.41. The van der Waals surface area contributed by atoms with Gasteiger partial charge in [-0.2, -0.15) is 0 Å². The maximum absolute atomic E-state index is 6.28. The Morgan fingerprint density at radius 3 is 1.71 bits per heavy atom. The molecule has 0 aliphatic carbocycles. The van der Waals surface area contributed by atoms with E-state index >= 15 is 0 Å². The quantitative estimate of drug-likeness (QED) is 0.179. The van der Waals surface area contributed by atoms with Crippen LogP contribution in [-0.2, 0) is 0 Å². The summed E-state index contributed by atoms with van der Waals surface area (Å²) in [7, 11) is 0. The predicted molar refractivity (Wildman–Crippen MR) is 231 cm³/mol. The first-order valence-electron chi connectivity index (χ1n) is 18.8. The first-order valence-corrected chi connectivity index (χ1v) is 18.8. The van der Waals surface area contributed by atoms with Crippen LogP contribution in [0.25, 0.3) is 110 Å². The van der Waals surface area contributed by atoms with E-state index in [1.807, 2.05) is 12.1 Å². The molecule has 0 fully saturated rings. The van der Waals surface area contributed by atoms with E-state index in [2.05, 4.69) is 191 Å². The van der Waals surface area contributed by atoms with E-state index in [1.54, 1.807) is 0 Å². The van der Waals surface area contributed by atoms with Gasteiger partial charge in [-0.3, -0.25) is 0 Å². The fraction of sp³-hybridized carbons (Fsp3) is 0. The van der Waals surface area contributed by atoms with E-state index in [9.17, 15) is 0 Å². The highest BCUT2D eigenvalue weighted by molar-refractivity contribution is 6.16. The Balaban J connectivity index is 1.07. The van der Waals surface area contributed by atoms with Crippen LogP contribution >= 0.6 is 0 Å². The second-order valence-corrected chi connectivity index (χ2v) is 14.5. The van der Waals surface area contributed by atoms with Crippen LogP contribution in [-0.4, -0.2) is 9.13 Å². The zero-order valence-corrected chi connectivity index (χ0v) is 29.8. The van der Waals surface area contributed by atoms with E-state index in [1.165, 1.54) is 76.8 Å². The summed E-state index contributed by atoms with van der Waals surface area (Å²) >= 11 is 0. The smallest absolute Gasteiger partial charge is 0.136 e. The van der Waals surface area contributed by atoms with Crippen molar-refractivity contribution in [3.63, 3.8) is 0 Å². The van der Waals surface area contributed by atoms with E-state index < -0.39 is 0 Å². The van der Waals surface area contributed by atoms with Crippen molar-refractivity contribution >= 4 is 76.3 Å². The van der Waals surface area contributed by atoms with E-state index in [0.717, 1.165) is 33.2 Å². The number of rotatable bonds is 4. The van der Waals surface area contributed by atoms with Gasteiger partial charge in [-0.25, -0.2) is 0 Å². The summed E-state index contributed by atoms with van der Waals surface area (Å²) in [4.78, 5) is 0. The van der Waals surface area contributed by atoms with Crippen LogP contribution in [0, 0.1) is 0 Å². The van der Waals surface area contributed by atoms with Crippen LogP contribution in [0.5, 0.6) is 0 Å². The molecule has 0 N–H and O–H groups in total. The largest absolute Gasteiger partial charge is 0.456 e.